The van der Waals surface area contributed by atoms with Crippen LogP contribution in [0.4, 0.5) is 10.1 Å². The SMILES string of the molecule is Cc1ccoc1CNc1cc(C(N)=O)ccc1F. The lowest BCUT2D eigenvalue weighted by atomic mass is 10.2. The second-order valence-electron chi connectivity index (χ2n) is 3.94. The number of hydrogen-bond acceptors (Lipinski definition) is 3. The molecule has 0 atom stereocenters. The third-order valence-corrected chi connectivity index (χ3v) is 2.66. The minimum atomic E-state index is -0.591. The fraction of sp³-hybridized carbons (Fsp3) is 0.154. The quantitative estimate of drug-likeness (QED) is 0.873. The van der Waals surface area contributed by atoms with Crippen LogP contribution in [0.1, 0.15) is 21.7 Å². The van der Waals surface area contributed by atoms with Gasteiger partial charge in [0.05, 0.1) is 18.5 Å². The van der Waals surface area contributed by atoms with Crippen molar-refractivity contribution in [2.24, 2.45) is 5.73 Å². The number of nitrogens with one attached hydrogen (secondary N) is 1. The first-order valence-electron chi connectivity index (χ1n) is 5.44. The van der Waals surface area contributed by atoms with Gasteiger partial charge in [-0.1, -0.05) is 0 Å². The summed E-state index contributed by atoms with van der Waals surface area (Å²) in [5, 5.41) is 2.87. The van der Waals surface area contributed by atoms with Crippen molar-refractivity contribution in [3.63, 3.8) is 0 Å². The molecule has 1 amide bonds. The van der Waals surface area contributed by atoms with E-state index in [1.807, 2.05) is 13.0 Å². The zero-order valence-electron chi connectivity index (χ0n) is 9.87. The first-order chi connectivity index (χ1) is 8.58. The molecule has 94 valence electrons. The number of halogens is 1. The van der Waals surface area contributed by atoms with Crippen LogP contribution in [0.5, 0.6) is 0 Å². The molecule has 0 spiro atoms. The number of aryl methyl sites for hydroxylation is 1. The van der Waals surface area contributed by atoms with E-state index < -0.39 is 11.7 Å². The van der Waals surface area contributed by atoms with Crippen LogP contribution in [0.2, 0.25) is 0 Å². The fourth-order valence-corrected chi connectivity index (χ4v) is 1.57. The van der Waals surface area contributed by atoms with Crippen LogP contribution in [-0.2, 0) is 6.54 Å². The highest BCUT2D eigenvalue weighted by atomic mass is 19.1. The van der Waals surface area contributed by atoms with Gasteiger partial charge < -0.3 is 15.5 Å². The van der Waals surface area contributed by atoms with Gasteiger partial charge in [0.15, 0.2) is 0 Å². The summed E-state index contributed by atoms with van der Waals surface area (Å²) in [6.07, 6.45) is 1.57. The van der Waals surface area contributed by atoms with Crippen molar-refractivity contribution < 1.29 is 13.6 Å². The van der Waals surface area contributed by atoms with Crippen LogP contribution >= 0.6 is 0 Å². The Hall–Kier alpha value is -2.30. The highest BCUT2D eigenvalue weighted by Crippen LogP contribution is 2.18. The van der Waals surface area contributed by atoms with Gasteiger partial charge >= 0.3 is 0 Å². The van der Waals surface area contributed by atoms with Gasteiger partial charge in [-0.15, -0.1) is 0 Å². The highest BCUT2D eigenvalue weighted by molar-refractivity contribution is 5.93. The molecule has 0 fully saturated rings. The number of benzene rings is 1. The van der Waals surface area contributed by atoms with Crippen molar-refractivity contribution in [1.82, 2.24) is 0 Å². The van der Waals surface area contributed by atoms with Gasteiger partial charge in [0.1, 0.15) is 11.6 Å². The number of nitrogens with two attached hydrogens (primary N) is 1. The van der Waals surface area contributed by atoms with Crippen molar-refractivity contribution >= 4 is 11.6 Å². The molecule has 0 aliphatic rings. The molecule has 18 heavy (non-hydrogen) atoms. The van der Waals surface area contributed by atoms with Gasteiger partial charge in [-0.25, -0.2) is 4.39 Å². The van der Waals surface area contributed by atoms with Crippen molar-refractivity contribution in [1.29, 1.82) is 0 Å². The molecule has 5 heteroatoms. The summed E-state index contributed by atoms with van der Waals surface area (Å²) < 4.78 is 18.7. The van der Waals surface area contributed by atoms with Crippen molar-refractivity contribution in [2.45, 2.75) is 13.5 Å². The number of carbonyl (C=O) groups excluding carboxylic acids is 1. The molecule has 0 saturated heterocycles. The summed E-state index contributed by atoms with van der Waals surface area (Å²) in [7, 11) is 0. The Morgan fingerprint density at radius 3 is 2.83 bits per heavy atom. The van der Waals surface area contributed by atoms with Crippen LogP contribution in [0.25, 0.3) is 0 Å². The van der Waals surface area contributed by atoms with E-state index in [0.717, 1.165) is 11.3 Å². The van der Waals surface area contributed by atoms with E-state index in [0.29, 0.717) is 6.54 Å². The molecular formula is C13H13FN2O2. The molecule has 2 aromatic rings. The predicted octanol–water partition coefficient (Wildman–Crippen LogP) is 2.44. The van der Waals surface area contributed by atoms with Crippen LogP contribution < -0.4 is 11.1 Å². The molecule has 0 saturated carbocycles. The monoisotopic (exact) mass is 248 g/mol. The average Bonchev–Trinajstić information content (AvgIpc) is 2.73. The number of furan rings is 1. The van der Waals surface area contributed by atoms with Gasteiger partial charge in [0.25, 0.3) is 0 Å². The Balaban J connectivity index is 2.16. The number of hydrogen-bond donors (Lipinski definition) is 2. The third kappa shape index (κ3) is 2.51. The minimum Gasteiger partial charge on any atom is -0.467 e. The largest absolute Gasteiger partial charge is 0.467 e. The van der Waals surface area contributed by atoms with Crippen LogP contribution in [-0.4, -0.2) is 5.91 Å². The van der Waals surface area contributed by atoms with Crippen molar-refractivity contribution in [2.75, 3.05) is 5.32 Å². The first kappa shape index (κ1) is 12.2. The smallest absolute Gasteiger partial charge is 0.248 e. The topological polar surface area (TPSA) is 68.3 Å². The maximum atomic E-state index is 13.5. The van der Waals surface area contributed by atoms with E-state index in [2.05, 4.69) is 5.32 Å². The molecule has 0 aliphatic carbocycles. The first-order valence-corrected chi connectivity index (χ1v) is 5.44. The van der Waals surface area contributed by atoms with Gasteiger partial charge in [-0.05, 0) is 36.8 Å². The number of primary amides is 1. The molecule has 4 nitrogen and oxygen atoms in total. The second kappa shape index (κ2) is 4.91. The number of amides is 1. The van der Waals surface area contributed by atoms with Crippen molar-refractivity contribution in [3.05, 3.63) is 53.2 Å². The standard InChI is InChI=1S/C13H13FN2O2/c1-8-4-5-18-12(8)7-16-11-6-9(13(15)17)2-3-10(11)14/h2-6,16H,7H2,1H3,(H2,15,17). The zero-order chi connectivity index (χ0) is 13.1. The molecule has 0 bridgehead atoms. The minimum absolute atomic E-state index is 0.224. The molecule has 1 aromatic carbocycles. The Kier molecular flexibility index (Phi) is 3.32. The molecule has 2 rings (SSSR count). The fourth-order valence-electron chi connectivity index (χ4n) is 1.57. The molecule has 3 N–H and O–H groups in total. The summed E-state index contributed by atoms with van der Waals surface area (Å²) in [4.78, 5) is 11.0. The highest BCUT2D eigenvalue weighted by Gasteiger charge is 2.08. The molecule has 1 aromatic heterocycles. The Morgan fingerprint density at radius 1 is 1.44 bits per heavy atom. The number of anilines is 1. The summed E-state index contributed by atoms with van der Waals surface area (Å²) in [6, 6.07) is 5.77. The lowest BCUT2D eigenvalue weighted by Crippen LogP contribution is -2.12. The van der Waals surface area contributed by atoms with Gasteiger partial charge in [0, 0.05) is 5.56 Å². The van der Waals surface area contributed by atoms with Gasteiger partial charge in [0.2, 0.25) is 5.91 Å². The predicted molar refractivity (Wildman–Crippen MR) is 65.7 cm³/mol. The lowest BCUT2D eigenvalue weighted by Gasteiger charge is -2.07. The molecular weight excluding hydrogens is 235 g/mol. The molecule has 1 heterocycles. The van der Waals surface area contributed by atoms with Crippen LogP contribution in [0.3, 0.4) is 0 Å². The van der Waals surface area contributed by atoms with Gasteiger partial charge in [-0.3, -0.25) is 4.79 Å². The Morgan fingerprint density at radius 2 is 2.22 bits per heavy atom. The average molecular weight is 248 g/mol. The van der Waals surface area contributed by atoms with Gasteiger partial charge in [-0.2, -0.15) is 0 Å². The van der Waals surface area contributed by atoms with E-state index in [1.54, 1.807) is 6.26 Å². The van der Waals surface area contributed by atoms with E-state index in [-0.39, 0.29) is 11.3 Å². The summed E-state index contributed by atoms with van der Waals surface area (Å²) in [5.41, 5.74) is 6.60. The Labute approximate surface area is 104 Å². The summed E-state index contributed by atoms with van der Waals surface area (Å²) >= 11 is 0. The van der Waals surface area contributed by atoms with E-state index in [1.165, 1.54) is 18.2 Å². The third-order valence-electron chi connectivity index (χ3n) is 2.66. The number of rotatable bonds is 4. The molecule has 0 unspecified atom stereocenters. The maximum Gasteiger partial charge on any atom is 0.248 e. The van der Waals surface area contributed by atoms with E-state index in [9.17, 15) is 9.18 Å². The maximum absolute atomic E-state index is 13.5. The summed E-state index contributed by atoms with van der Waals surface area (Å²) in [6.45, 7) is 2.24. The number of carbonyl (C=O) groups is 1. The normalized spacial score (nSPS) is 10.3. The molecule has 0 radical (unpaired) electrons. The van der Waals surface area contributed by atoms with E-state index >= 15 is 0 Å². The second-order valence-corrected chi connectivity index (χ2v) is 3.94. The van der Waals surface area contributed by atoms with Crippen LogP contribution in [0.15, 0.2) is 34.9 Å². The lowest BCUT2D eigenvalue weighted by molar-refractivity contribution is 0.100. The van der Waals surface area contributed by atoms with Crippen molar-refractivity contribution in [3.8, 4) is 0 Å². The zero-order valence-corrected chi connectivity index (χ0v) is 9.87. The van der Waals surface area contributed by atoms with Crippen LogP contribution in [0, 0.1) is 12.7 Å². The molecule has 0 aliphatic heterocycles. The summed E-state index contributed by atoms with van der Waals surface area (Å²) in [5.74, 6) is -0.310. The van der Waals surface area contributed by atoms with E-state index in [4.69, 9.17) is 10.2 Å². The Bertz CT molecular complexity index is 578.